The molecule has 3 aromatic rings. The molecule has 0 spiro atoms. The molecule has 0 aliphatic rings. The van der Waals surface area contributed by atoms with Gasteiger partial charge in [0.25, 0.3) is 5.56 Å². The van der Waals surface area contributed by atoms with Crippen LogP contribution in [0.25, 0.3) is 10.2 Å². The second-order valence-corrected chi connectivity index (χ2v) is 9.59. The van der Waals surface area contributed by atoms with Gasteiger partial charge >= 0.3 is 0 Å². The molecule has 2 heterocycles. The summed E-state index contributed by atoms with van der Waals surface area (Å²) in [7, 11) is 0. The number of fused-ring (bicyclic) bond motifs is 1. The maximum Gasteiger partial charge on any atom is 0.260 e. The molecular weight excluding hydrogens is 380 g/mol. The lowest BCUT2D eigenvalue weighted by Gasteiger charge is -2.08. The highest BCUT2D eigenvalue weighted by molar-refractivity contribution is 7.98. The van der Waals surface area contributed by atoms with Gasteiger partial charge in [-0.25, -0.2) is 4.98 Å². The number of nitrogens with one attached hydrogen (secondary N) is 1. The molecule has 0 fully saturated rings. The lowest BCUT2D eigenvalue weighted by Crippen LogP contribution is -2.11. The molecule has 2 aromatic heterocycles. The predicted molar refractivity (Wildman–Crippen MR) is 116 cm³/mol. The summed E-state index contributed by atoms with van der Waals surface area (Å²) in [6.07, 6.45) is 4.14. The standard InChI is InChI=1S/C20H24N2OS3/c1-5-12(2)10-16-13(3)26-19-17(16)18(23)21-20(22-19)25-11-14-6-8-15(24-4)9-7-14/h6-9,12H,5,10-11H2,1-4H3,(H,21,22,23)/t12-/m1/s1. The molecule has 0 amide bonds. The Morgan fingerprint density at radius 2 is 2.00 bits per heavy atom. The third kappa shape index (κ3) is 4.35. The van der Waals surface area contributed by atoms with E-state index in [0.29, 0.717) is 11.1 Å². The SMILES string of the molecule is CC[C@@H](C)Cc1c(C)sc2nc(SCc3ccc(SC)cc3)[nH]c(=O)c12. The third-order valence-electron chi connectivity index (χ3n) is 4.63. The average Bonchev–Trinajstić information content (AvgIpc) is 2.96. The van der Waals surface area contributed by atoms with Crippen LogP contribution in [0.5, 0.6) is 0 Å². The number of H-pyrrole nitrogens is 1. The van der Waals surface area contributed by atoms with Crippen LogP contribution in [-0.4, -0.2) is 16.2 Å². The summed E-state index contributed by atoms with van der Waals surface area (Å²) in [5.41, 5.74) is 2.41. The van der Waals surface area contributed by atoms with E-state index in [9.17, 15) is 4.79 Å². The Balaban J connectivity index is 1.83. The molecule has 26 heavy (non-hydrogen) atoms. The van der Waals surface area contributed by atoms with Crippen molar-refractivity contribution in [2.45, 2.75) is 49.4 Å². The lowest BCUT2D eigenvalue weighted by molar-refractivity contribution is 0.561. The van der Waals surface area contributed by atoms with Crippen LogP contribution in [0.1, 0.15) is 36.3 Å². The van der Waals surface area contributed by atoms with Crippen LogP contribution in [0.2, 0.25) is 0 Å². The van der Waals surface area contributed by atoms with Crippen LogP contribution in [0.4, 0.5) is 0 Å². The molecule has 0 aliphatic heterocycles. The molecule has 3 rings (SSSR count). The van der Waals surface area contributed by atoms with Crippen LogP contribution >= 0.6 is 34.9 Å². The number of hydrogen-bond donors (Lipinski definition) is 1. The maximum atomic E-state index is 12.7. The molecule has 0 unspecified atom stereocenters. The van der Waals surface area contributed by atoms with Crippen LogP contribution in [0.3, 0.4) is 0 Å². The predicted octanol–water partition coefficient (Wildman–Crippen LogP) is 5.90. The topological polar surface area (TPSA) is 45.8 Å². The van der Waals surface area contributed by atoms with Gasteiger partial charge in [0.05, 0.1) is 5.39 Å². The Kier molecular flexibility index (Phi) is 6.48. The summed E-state index contributed by atoms with van der Waals surface area (Å²) in [4.78, 5) is 23.7. The number of aromatic nitrogens is 2. The Bertz CT molecular complexity index is 944. The van der Waals surface area contributed by atoms with E-state index < -0.39 is 0 Å². The van der Waals surface area contributed by atoms with Gasteiger partial charge in [0.2, 0.25) is 0 Å². The molecule has 0 aliphatic carbocycles. The molecule has 1 N–H and O–H groups in total. The molecule has 0 bridgehead atoms. The van der Waals surface area contributed by atoms with Crippen molar-refractivity contribution in [1.29, 1.82) is 0 Å². The van der Waals surface area contributed by atoms with E-state index in [-0.39, 0.29) is 5.56 Å². The summed E-state index contributed by atoms with van der Waals surface area (Å²) in [6, 6.07) is 8.53. The molecule has 0 saturated heterocycles. The minimum absolute atomic E-state index is 0.00196. The summed E-state index contributed by atoms with van der Waals surface area (Å²) < 4.78 is 0. The van der Waals surface area contributed by atoms with E-state index in [0.717, 1.165) is 28.8 Å². The van der Waals surface area contributed by atoms with Crippen LogP contribution in [0, 0.1) is 12.8 Å². The van der Waals surface area contributed by atoms with E-state index in [2.05, 4.69) is 56.3 Å². The van der Waals surface area contributed by atoms with Gasteiger partial charge in [-0.05, 0) is 48.8 Å². The number of aryl methyl sites for hydroxylation is 1. The van der Waals surface area contributed by atoms with Crippen molar-refractivity contribution < 1.29 is 0 Å². The van der Waals surface area contributed by atoms with Crippen molar-refractivity contribution in [3.8, 4) is 0 Å². The first-order valence-corrected chi connectivity index (χ1v) is 11.8. The highest BCUT2D eigenvalue weighted by Gasteiger charge is 2.16. The number of thiophene rings is 1. The number of aromatic amines is 1. The van der Waals surface area contributed by atoms with Crippen molar-refractivity contribution in [2.75, 3.05) is 6.26 Å². The number of hydrogen-bond acceptors (Lipinski definition) is 5. The van der Waals surface area contributed by atoms with Crippen LogP contribution in [-0.2, 0) is 12.2 Å². The van der Waals surface area contributed by atoms with Crippen molar-refractivity contribution in [3.05, 3.63) is 50.6 Å². The van der Waals surface area contributed by atoms with Crippen LogP contribution < -0.4 is 5.56 Å². The number of benzene rings is 1. The van der Waals surface area contributed by atoms with Gasteiger partial charge in [0, 0.05) is 15.5 Å². The molecule has 0 radical (unpaired) electrons. The highest BCUT2D eigenvalue weighted by Crippen LogP contribution is 2.31. The van der Waals surface area contributed by atoms with Crippen molar-refractivity contribution in [3.63, 3.8) is 0 Å². The molecule has 1 atom stereocenters. The number of rotatable bonds is 7. The van der Waals surface area contributed by atoms with Gasteiger partial charge in [-0.15, -0.1) is 23.1 Å². The van der Waals surface area contributed by atoms with Gasteiger partial charge in [0.1, 0.15) is 4.83 Å². The van der Waals surface area contributed by atoms with E-state index in [4.69, 9.17) is 4.98 Å². The van der Waals surface area contributed by atoms with Crippen molar-refractivity contribution in [2.24, 2.45) is 5.92 Å². The zero-order chi connectivity index (χ0) is 18.7. The number of nitrogens with zero attached hydrogens (tertiary/aromatic N) is 1. The summed E-state index contributed by atoms with van der Waals surface area (Å²) in [6.45, 7) is 6.53. The fraction of sp³-hybridized carbons (Fsp3) is 0.400. The van der Waals surface area contributed by atoms with Gasteiger partial charge in [-0.3, -0.25) is 4.79 Å². The maximum absolute atomic E-state index is 12.7. The fourth-order valence-electron chi connectivity index (χ4n) is 2.84. The lowest BCUT2D eigenvalue weighted by atomic mass is 9.98. The summed E-state index contributed by atoms with van der Waals surface area (Å²) in [5.74, 6) is 1.37. The van der Waals surface area contributed by atoms with Gasteiger partial charge in [-0.1, -0.05) is 44.2 Å². The molecule has 6 heteroatoms. The van der Waals surface area contributed by atoms with Crippen LogP contribution in [0.15, 0.2) is 39.1 Å². The molecule has 3 nitrogen and oxygen atoms in total. The first kappa shape index (κ1) is 19.5. The van der Waals surface area contributed by atoms with E-state index >= 15 is 0 Å². The van der Waals surface area contributed by atoms with Gasteiger partial charge in [0.15, 0.2) is 5.16 Å². The second kappa shape index (κ2) is 8.63. The molecule has 1 aromatic carbocycles. The van der Waals surface area contributed by atoms with Gasteiger partial charge in [-0.2, -0.15) is 0 Å². The highest BCUT2D eigenvalue weighted by atomic mass is 32.2. The first-order valence-electron chi connectivity index (χ1n) is 8.79. The Morgan fingerprint density at radius 1 is 1.27 bits per heavy atom. The smallest absolute Gasteiger partial charge is 0.260 e. The average molecular weight is 405 g/mol. The second-order valence-electron chi connectivity index (χ2n) is 6.54. The molecular formula is C20H24N2OS3. The zero-order valence-electron chi connectivity index (χ0n) is 15.6. The minimum Gasteiger partial charge on any atom is -0.301 e. The molecule has 0 saturated carbocycles. The summed E-state index contributed by atoms with van der Waals surface area (Å²) >= 11 is 4.96. The van der Waals surface area contributed by atoms with Crippen molar-refractivity contribution >= 4 is 45.1 Å². The van der Waals surface area contributed by atoms with E-state index in [1.807, 2.05) is 0 Å². The van der Waals surface area contributed by atoms with Crippen molar-refractivity contribution in [1.82, 2.24) is 9.97 Å². The quantitative estimate of drug-likeness (QED) is 0.393. The zero-order valence-corrected chi connectivity index (χ0v) is 18.0. The van der Waals surface area contributed by atoms with E-state index in [1.54, 1.807) is 34.9 Å². The Labute approximate surface area is 167 Å². The van der Waals surface area contributed by atoms with Gasteiger partial charge < -0.3 is 4.98 Å². The minimum atomic E-state index is -0.00196. The Hall–Kier alpha value is -1.24. The first-order chi connectivity index (χ1) is 12.5. The Morgan fingerprint density at radius 3 is 2.65 bits per heavy atom. The third-order valence-corrected chi connectivity index (χ3v) is 7.35. The number of thioether (sulfide) groups is 2. The van der Waals surface area contributed by atoms with E-state index in [1.165, 1.54) is 20.9 Å². The largest absolute Gasteiger partial charge is 0.301 e. The normalized spacial score (nSPS) is 12.6. The summed E-state index contributed by atoms with van der Waals surface area (Å²) in [5, 5.41) is 1.49. The monoisotopic (exact) mass is 404 g/mol. The fourth-order valence-corrected chi connectivity index (χ4v) is 5.17. The molecule has 138 valence electrons.